The van der Waals surface area contributed by atoms with Crippen molar-refractivity contribution < 1.29 is 24.3 Å². The minimum Gasteiger partial charge on any atom is -0.481 e. The molecule has 0 spiro atoms. The molecule has 2 unspecified atom stereocenters. The van der Waals surface area contributed by atoms with Crippen LogP contribution in [0.15, 0.2) is 60.7 Å². The van der Waals surface area contributed by atoms with E-state index in [1.165, 1.54) is 19.6 Å². The van der Waals surface area contributed by atoms with Crippen LogP contribution in [0.4, 0.5) is 9.59 Å². The lowest BCUT2D eigenvalue weighted by molar-refractivity contribution is -0.137. The maximum absolute atomic E-state index is 11.1. The van der Waals surface area contributed by atoms with Crippen molar-refractivity contribution in [2.24, 2.45) is 17.2 Å². The van der Waals surface area contributed by atoms with E-state index in [-0.39, 0.29) is 24.3 Å². The molecule has 1 fully saturated rings. The Morgan fingerprint density at radius 2 is 1.42 bits per heavy atom. The molecule has 9 N–H and O–H groups in total. The van der Waals surface area contributed by atoms with Crippen LogP contribution in [0.25, 0.3) is 0 Å². The number of nitrogens with two attached hydrogens (primary N) is 3. The summed E-state index contributed by atoms with van der Waals surface area (Å²) >= 11 is 0. The van der Waals surface area contributed by atoms with E-state index in [4.69, 9.17) is 15.6 Å². The molecular weight excluding hydrogens is 488 g/mol. The second-order valence-electron chi connectivity index (χ2n) is 8.15. The second-order valence-corrected chi connectivity index (χ2v) is 8.15. The van der Waals surface area contributed by atoms with Gasteiger partial charge in [-0.25, -0.2) is 9.59 Å². The van der Waals surface area contributed by atoms with Gasteiger partial charge in [-0.15, -0.1) is 0 Å². The Labute approximate surface area is 224 Å². The van der Waals surface area contributed by atoms with E-state index in [1.54, 1.807) is 0 Å². The number of aliphatic carboxylic acids is 1. The Balaban J connectivity index is 0.000000528. The maximum Gasteiger partial charge on any atom is 0.321 e. The SMILES string of the molecule is CCN(CC)CC.NC(N)=O.NCC(CC(=O)O)c1ccccc1.O=C1CC(c2ccccc2)NC(=O)N1. The number of imide groups is 1. The highest BCUT2D eigenvalue weighted by Gasteiger charge is 2.24. The summed E-state index contributed by atoms with van der Waals surface area (Å²) in [6, 6.07) is 17.5. The minimum atomic E-state index is -0.833. The summed E-state index contributed by atoms with van der Waals surface area (Å²) < 4.78 is 0. The summed E-state index contributed by atoms with van der Waals surface area (Å²) in [5.74, 6) is -1.11. The molecule has 1 aliphatic rings. The van der Waals surface area contributed by atoms with Gasteiger partial charge in [-0.05, 0) is 37.3 Å². The quantitative estimate of drug-likeness (QED) is 0.302. The van der Waals surface area contributed by atoms with Crippen molar-refractivity contribution in [3.05, 3.63) is 71.8 Å². The van der Waals surface area contributed by atoms with Gasteiger partial charge in [0.1, 0.15) is 0 Å². The van der Waals surface area contributed by atoms with Crippen molar-refractivity contribution in [1.29, 1.82) is 0 Å². The average Bonchev–Trinajstić information content (AvgIpc) is 2.89. The Kier molecular flexibility index (Phi) is 18.0. The molecule has 1 heterocycles. The number of carboxylic acid groups (broad SMARTS) is 1. The number of urea groups is 2. The van der Waals surface area contributed by atoms with Crippen molar-refractivity contribution in [3.8, 4) is 0 Å². The van der Waals surface area contributed by atoms with E-state index in [0.717, 1.165) is 11.1 Å². The van der Waals surface area contributed by atoms with Crippen LogP contribution in [-0.2, 0) is 9.59 Å². The Hall–Kier alpha value is -3.96. The fourth-order valence-electron chi connectivity index (χ4n) is 3.44. The fraction of sp³-hybridized carbons (Fsp3) is 0.407. The molecule has 0 aliphatic carbocycles. The van der Waals surface area contributed by atoms with Crippen molar-refractivity contribution in [3.63, 3.8) is 0 Å². The van der Waals surface area contributed by atoms with Gasteiger partial charge in [-0.3, -0.25) is 14.9 Å². The number of carbonyl (C=O) groups is 4. The first kappa shape index (κ1) is 34.0. The fourth-order valence-corrected chi connectivity index (χ4v) is 3.44. The number of hydrogen-bond acceptors (Lipinski definition) is 6. The molecule has 3 rings (SSSR count). The molecule has 2 atom stereocenters. The summed E-state index contributed by atoms with van der Waals surface area (Å²) in [4.78, 5) is 44.0. The monoisotopic (exact) mass is 530 g/mol. The summed E-state index contributed by atoms with van der Waals surface area (Å²) in [6.45, 7) is 10.5. The molecule has 1 saturated heterocycles. The van der Waals surface area contributed by atoms with Gasteiger partial charge in [0.2, 0.25) is 5.91 Å². The standard InChI is InChI=1S/C10H10N2O2.C10H13NO2.C6H15N.CH4N2O/c13-9-6-8(11-10(14)12-9)7-4-2-1-3-5-7;11-7-9(6-10(12)13)8-4-2-1-3-5-8;1-4-7(5-2)6-3;2-1(3)4/h1-5,8H,6H2,(H2,11,12,13,14);1-5,9H,6-7,11H2,(H,12,13);4-6H2,1-3H3;(H4,2,3,4). The van der Waals surface area contributed by atoms with Crippen LogP contribution in [0, 0.1) is 0 Å². The highest BCUT2D eigenvalue weighted by atomic mass is 16.4. The largest absolute Gasteiger partial charge is 0.481 e. The first-order chi connectivity index (χ1) is 18.1. The predicted octanol–water partition coefficient (Wildman–Crippen LogP) is 2.53. The predicted molar refractivity (Wildman–Crippen MR) is 148 cm³/mol. The highest BCUT2D eigenvalue weighted by Crippen LogP contribution is 2.18. The summed E-state index contributed by atoms with van der Waals surface area (Å²) in [6.07, 6.45) is 0.399. The van der Waals surface area contributed by atoms with Crippen LogP contribution in [-0.4, -0.2) is 60.1 Å². The zero-order valence-electron chi connectivity index (χ0n) is 22.4. The van der Waals surface area contributed by atoms with Gasteiger partial charge in [0.25, 0.3) is 0 Å². The second kappa shape index (κ2) is 20.1. The average molecular weight is 531 g/mol. The van der Waals surface area contributed by atoms with Crippen LogP contribution in [0.1, 0.15) is 56.7 Å². The molecule has 5 amide bonds. The number of hydrogen-bond donors (Lipinski definition) is 6. The zero-order chi connectivity index (χ0) is 28.9. The van der Waals surface area contributed by atoms with Crippen molar-refractivity contribution in [1.82, 2.24) is 15.5 Å². The van der Waals surface area contributed by atoms with Crippen LogP contribution < -0.4 is 27.8 Å². The number of benzene rings is 2. The van der Waals surface area contributed by atoms with E-state index in [2.05, 4.69) is 47.8 Å². The van der Waals surface area contributed by atoms with Crippen molar-refractivity contribution >= 4 is 23.9 Å². The number of nitrogens with zero attached hydrogens (tertiary/aromatic N) is 1. The normalized spacial score (nSPS) is 14.6. The summed E-state index contributed by atoms with van der Waals surface area (Å²) in [5, 5.41) is 13.5. The molecule has 2 aromatic rings. The number of primary amides is 2. The molecule has 38 heavy (non-hydrogen) atoms. The van der Waals surface area contributed by atoms with Crippen molar-refractivity contribution in [2.75, 3.05) is 26.2 Å². The molecule has 0 bridgehead atoms. The van der Waals surface area contributed by atoms with Gasteiger partial charge < -0.3 is 32.5 Å². The topological polar surface area (TPSA) is 194 Å². The molecule has 210 valence electrons. The lowest BCUT2D eigenvalue weighted by Gasteiger charge is -2.23. The van der Waals surface area contributed by atoms with Gasteiger partial charge >= 0.3 is 18.0 Å². The van der Waals surface area contributed by atoms with Gasteiger partial charge in [0, 0.05) is 5.92 Å². The Morgan fingerprint density at radius 1 is 0.947 bits per heavy atom. The third-order valence-electron chi connectivity index (χ3n) is 5.47. The smallest absolute Gasteiger partial charge is 0.321 e. The molecule has 0 saturated carbocycles. The lowest BCUT2D eigenvalue weighted by atomic mass is 9.96. The number of carboxylic acids is 1. The van der Waals surface area contributed by atoms with Crippen molar-refractivity contribution in [2.45, 2.75) is 45.6 Å². The van der Waals surface area contributed by atoms with E-state index in [1.807, 2.05) is 60.7 Å². The molecule has 2 aromatic carbocycles. The van der Waals surface area contributed by atoms with Crippen LogP contribution >= 0.6 is 0 Å². The van der Waals surface area contributed by atoms with Gasteiger partial charge in [-0.2, -0.15) is 0 Å². The minimum absolute atomic E-state index is 0.0706. The number of nitrogens with one attached hydrogen (secondary N) is 2. The van der Waals surface area contributed by atoms with Gasteiger partial charge in [0.05, 0.1) is 18.9 Å². The van der Waals surface area contributed by atoms with Crippen LogP contribution in [0.5, 0.6) is 0 Å². The van der Waals surface area contributed by atoms with E-state index in [9.17, 15) is 14.4 Å². The zero-order valence-corrected chi connectivity index (χ0v) is 22.4. The Morgan fingerprint density at radius 3 is 1.79 bits per heavy atom. The molecule has 0 aromatic heterocycles. The van der Waals surface area contributed by atoms with E-state index >= 15 is 0 Å². The first-order valence-corrected chi connectivity index (χ1v) is 12.5. The van der Waals surface area contributed by atoms with Gasteiger partial charge in [-0.1, -0.05) is 81.4 Å². The van der Waals surface area contributed by atoms with E-state index in [0.29, 0.717) is 13.0 Å². The molecule has 11 nitrogen and oxygen atoms in total. The molecular formula is C27H42N6O5. The van der Waals surface area contributed by atoms with Crippen LogP contribution in [0.2, 0.25) is 0 Å². The Bertz CT molecular complexity index is 929. The number of rotatable bonds is 8. The summed E-state index contributed by atoms with van der Waals surface area (Å²) in [5.41, 5.74) is 15.9. The van der Waals surface area contributed by atoms with Crippen LogP contribution in [0.3, 0.4) is 0 Å². The number of amides is 5. The molecule has 0 radical (unpaired) electrons. The molecule has 11 heteroatoms. The van der Waals surface area contributed by atoms with E-state index < -0.39 is 18.0 Å². The van der Waals surface area contributed by atoms with Gasteiger partial charge in [0.15, 0.2) is 0 Å². The third kappa shape index (κ3) is 15.9. The first-order valence-electron chi connectivity index (χ1n) is 12.5. The maximum atomic E-state index is 11.1. The number of carbonyl (C=O) groups excluding carboxylic acids is 3. The highest BCUT2D eigenvalue weighted by molar-refractivity contribution is 5.97. The third-order valence-corrected chi connectivity index (χ3v) is 5.47. The molecule has 1 aliphatic heterocycles. The lowest BCUT2D eigenvalue weighted by Crippen LogP contribution is -2.48. The summed E-state index contributed by atoms with van der Waals surface area (Å²) in [7, 11) is 0.